The maximum Gasteiger partial charge on any atom is 0.166 e. The summed E-state index contributed by atoms with van der Waals surface area (Å²) in [4.78, 5) is 12.4. The first-order valence-electron chi connectivity index (χ1n) is 6.31. The van der Waals surface area contributed by atoms with Crippen LogP contribution in [0.2, 0.25) is 10.0 Å². The number of hydrogen-bond donors (Lipinski definition) is 0. The molecule has 1 saturated carbocycles. The molecule has 2 aromatic rings. The zero-order valence-corrected chi connectivity index (χ0v) is 13.5. The topological polar surface area (TPSA) is 17.1 Å². The highest BCUT2D eigenvalue weighted by atomic mass is 79.9. The summed E-state index contributed by atoms with van der Waals surface area (Å²) < 4.78 is 0.974. The maximum absolute atomic E-state index is 12.4. The summed E-state index contributed by atoms with van der Waals surface area (Å²) in [7, 11) is 0. The molecule has 0 N–H and O–H groups in total. The second kappa shape index (κ2) is 5.51. The number of carbonyl (C=O) groups excluding carboxylic acids is 1. The Morgan fingerprint density at radius 2 is 1.80 bits per heavy atom. The van der Waals surface area contributed by atoms with Crippen LogP contribution in [0, 0.1) is 5.92 Å². The van der Waals surface area contributed by atoms with Gasteiger partial charge in [0, 0.05) is 26.0 Å². The van der Waals surface area contributed by atoms with E-state index in [1.807, 2.05) is 36.4 Å². The van der Waals surface area contributed by atoms with Crippen molar-refractivity contribution in [3.05, 3.63) is 68.1 Å². The quantitative estimate of drug-likeness (QED) is 0.630. The van der Waals surface area contributed by atoms with E-state index in [1.54, 1.807) is 6.07 Å². The lowest BCUT2D eigenvalue weighted by atomic mass is 10.0. The van der Waals surface area contributed by atoms with Gasteiger partial charge < -0.3 is 0 Å². The van der Waals surface area contributed by atoms with Crippen molar-refractivity contribution in [2.75, 3.05) is 0 Å². The Labute approximate surface area is 136 Å². The van der Waals surface area contributed by atoms with E-state index in [0.29, 0.717) is 10.0 Å². The minimum Gasteiger partial charge on any atom is -0.294 e. The highest BCUT2D eigenvalue weighted by Gasteiger charge is 2.44. The van der Waals surface area contributed by atoms with Gasteiger partial charge in [0.25, 0.3) is 0 Å². The number of ketones is 1. The molecule has 1 nitrogen and oxygen atoms in total. The van der Waals surface area contributed by atoms with Crippen LogP contribution in [-0.2, 0) is 0 Å². The molecule has 2 atom stereocenters. The van der Waals surface area contributed by atoms with E-state index < -0.39 is 0 Å². The fourth-order valence-corrected chi connectivity index (χ4v) is 3.27. The van der Waals surface area contributed by atoms with Gasteiger partial charge in [-0.05, 0) is 42.2 Å². The Morgan fingerprint density at radius 1 is 1.10 bits per heavy atom. The summed E-state index contributed by atoms with van der Waals surface area (Å²) in [5.74, 6) is 0.444. The van der Waals surface area contributed by atoms with Crippen molar-refractivity contribution in [2.24, 2.45) is 5.92 Å². The van der Waals surface area contributed by atoms with Gasteiger partial charge in [0.05, 0.1) is 0 Å². The Morgan fingerprint density at radius 3 is 2.45 bits per heavy atom. The molecule has 0 unspecified atom stereocenters. The standard InChI is InChI=1S/C16H11BrCl2O/c17-10-3-1-9(2-4-10)16(20)14-8-13(14)12-6-5-11(18)7-15(12)19/h1-7,13-14H,8H2/t13-,14+/m1/s1. The average Bonchev–Trinajstić information content (AvgIpc) is 3.19. The lowest BCUT2D eigenvalue weighted by Gasteiger charge is -2.04. The molecule has 0 aliphatic heterocycles. The second-order valence-corrected chi connectivity index (χ2v) is 6.74. The molecular formula is C16H11BrCl2O. The van der Waals surface area contributed by atoms with Gasteiger partial charge >= 0.3 is 0 Å². The van der Waals surface area contributed by atoms with Gasteiger partial charge in [0.2, 0.25) is 0 Å². The number of hydrogen-bond acceptors (Lipinski definition) is 1. The molecule has 0 aromatic heterocycles. The number of Topliss-reactive ketones (excluding diaryl/α,β-unsaturated/α-hetero) is 1. The molecule has 3 rings (SSSR count). The van der Waals surface area contributed by atoms with E-state index in [4.69, 9.17) is 23.2 Å². The SMILES string of the molecule is O=C(c1ccc(Br)cc1)[C@H]1C[C@@H]1c1ccc(Cl)cc1Cl. The van der Waals surface area contributed by atoms with Crippen LogP contribution in [0.4, 0.5) is 0 Å². The van der Waals surface area contributed by atoms with Gasteiger partial charge in [-0.3, -0.25) is 4.79 Å². The van der Waals surface area contributed by atoms with Crippen molar-refractivity contribution in [1.82, 2.24) is 0 Å². The molecule has 0 bridgehead atoms. The van der Waals surface area contributed by atoms with Crippen LogP contribution in [0.3, 0.4) is 0 Å². The molecule has 0 saturated heterocycles. The zero-order chi connectivity index (χ0) is 14.3. The van der Waals surface area contributed by atoms with Gasteiger partial charge in [-0.15, -0.1) is 0 Å². The van der Waals surface area contributed by atoms with Gasteiger partial charge in [-0.2, -0.15) is 0 Å². The average molecular weight is 370 g/mol. The molecule has 4 heteroatoms. The van der Waals surface area contributed by atoms with E-state index in [2.05, 4.69) is 15.9 Å². The fraction of sp³-hybridized carbons (Fsp3) is 0.188. The first kappa shape index (κ1) is 14.1. The summed E-state index contributed by atoms with van der Waals surface area (Å²) in [6.07, 6.45) is 0.857. The molecular weight excluding hydrogens is 359 g/mol. The largest absolute Gasteiger partial charge is 0.294 e. The lowest BCUT2D eigenvalue weighted by Crippen LogP contribution is -2.03. The molecule has 0 spiro atoms. The number of halogens is 3. The minimum atomic E-state index is 0.0369. The normalized spacial score (nSPS) is 20.8. The third-order valence-electron chi connectivity index (χ3n) is 3.62. The molecule has 0 radical (unpaired) electrons. The van der Waals surface area contributed by atoms with Gasteiger partial charge in [-0.25, -0.2) is 0 Å². The lowest BCUT2D eigenvalue weighted by molar-refractivity contribution is 0.0965. The van der Waals surface area contributed by atoms with Crippen LogP contribution >= 0.6 is 39.1 Å². The predicted octanol–water partition coefficient (Wildman–Crippen LogP) is 5.74. The summed E-state index contributed by atoms with van der Waals surface area (Å²) >= 11 is 15.5. The Balaban J connectivity index is 1.78. The Bertz CT molecular complexity index is 667. The summed E-state index contributed by atoms with van der Waals surface area (Å²) in [5.41, 5.74) is 1.78. The zero-order valence-electron chi connectivity index (χ0n) is 10.4. The maximum atomic E-state index is 12.4. The summed E-state index contributed by atoms with van der Waals surface area (Å²) in [6, 6.07) is 13.0. The van der Waals surface area contributed by atoms with Crippen LogP contribution in [0.5, 0.6) is 0 Å². The molecule has 20 heavy (non-hydrogen) atoms. The Kier molecular flexibility index (Phi) is 3.89. The Hall–Kier alpha value is -0.830. The molecule has 2 aromatic carbocycles. The van der Waals surface area contributed by atoms with Gasteiger partial charge in [0.1, 0.15) is 0 Å². The summed E-state index contributed by atoms with van der Waals surface area (Å²) in [5, 5.41) is 1.27. The highest BCUT2D eigenvalue weighted by Crippen LogP contribution is 2.51. The van der Waals surface area contributed by atoms with Crippen LogP contribution < -0.4 is 0 Å². The molecule has 1 fully saturated rings. The van der Waals surface area contributed by atoms with Gasteiger partial charge in [-0.1, -0.05) is 57.3 Å². The minimum absolute atomic E-state index is 0.0369. The van der Waals surface area contributed by atoms with Crippen molar-refractivity contribution >= 4 is 44.9 Å². The predicted molar refractivity (Wildman–Crippen MR) is 85.8 cm³/mol. The van der Waals surface area contributed by atoms with Crippen molar-refractivity contribution in [3.63, 3.8) is 0 Å². The number of rotatable bonds is 3. The van der Waals surface area contributed by atoms with Crippen LogP contribution in [0.25, 0.3) is 0 Å². The number of carbonyl (C=O) groups is 1. The molecule has 1 aliphatic carbocycles. The van der Waals surface area contributed by atoms with E-state index in [0.717, 1.165) is 22.0 Å². The van der Waals surface area contributed by atoms with Gasteiger partial charge in [0.15, 0.2) is 5.78 Å². The van der Waals surface area contributed by atoms with Crippen molar-refractivity contribution in [1.29, 1.82) is 0 Å². The van der Waals surface area contributed by atoms with E-state index in [1.165, 1.54) is 0 Å². The smallest absolute Gasteiger partial charge is 0.166 e. The summed E-state index contributed by atoms with van der Waals surface area (Å²) in [6.45, 7) is 0. The third kappa shape index (κ3) is 2.78. The third-order valence-corrected chi connectivity index (χ3v) is 4.71. The van der Waals surface area contributed by atoms with Crippen molar-refractivity contribution < 1.29 is 4.79 Å². The van der Waals surface area contributed by atoms with Crippen LogP contribution in [-0.4, -0.2) is 5.78 Å². The first-order valence-corrected chi connectivity index (χ1v) is 7.86. The van der Waals surface area contributed by atoms with Crippen LogP contribution in [0.15, 0.2) is 46.9 Å². The monoisotopic (exact) mass is 368 g/mol. The second-order valence-electron chi connectivity index (χ2n) is 4.99. The molecule has 1 aliphatic rings. The van der Waals surface area contributed by atoms with E-state index in [-0.39, 0.29) is 17.6 Å². The van der Waals surface area contributed by atoms with Crippen LogP contribution in [0.1, 0.15) is 28.3 Å². The highest BCUT2D eigenvalue weighted by molar-refractivity contribution is 9.10. The van der Waals surface area contributed by atoms with Crippen molar-refractivity contribution in [2.45, 2.75) is 12.3 Å². The molecule has 0 heterocycles. The van der Waals surface area contributed by atoms with E-state index in [9.17, 15) is 4.79 Å². The fourth-order valence-electron chi connectivity index (χ4n) is 2.46. The van der Waals surface area contributed by atoms with E-state index >= 15 is 0 Å². The first-order chi connectivity index (χ1) is 9.56. The van der Waals surface area contributed by atoms with Crippen molar-refractivity contribution in [3.8, 4) is 0 Å². The number of benzene rings is 2. The molecule has 102 valence electrons. The molecule has 0 amide bonds.